The third-order valence-corrected chi connectivity index (χ3v) is 1.71. The van der Waals surface area contributed by atoms with Gasteiger partial charge in [0.2, 0.25) is 5.91 Å². The molecule has 6 heteroatoms. The second-order valence-electron chi connectivity index (χ2n) is 3.33. The number of rotatable bonds is 7. The van der Waals surface area contributed by atoms with Gasteiger partial charge in [-0.25, -0.2) is 4.79 Å². The first-order valence-electron chi connectivity index (χ1n) is 4.31. The van der Waals surface area contributed by atoms with Gasteiger partial charge in [-0.05, 0) is 19.9 Å². The number of nitrogens with one attached hydrogen (secondary N) is 1. The Morgan fingerprint density at radius 3 is 2.50 bits per heavy atom. The van der Waals surface area contributed by atoms with Crippen molar-refractivity contribution in [3.63, 3.8) is 0 Å². The molecule has 6 nitrogen and oxygen atoms in total. The molecule has 0 aliphatic heterocycles. The topological polar surface area (TPSA) is 113 Å². The van der Waals surface area contributed by atoms with Crippen molar-refractivity contribution in [1.29, 1.82) is 0 Å². The van der Waals surface area contributed by atoms with Gasteiger partial charge in [0.1, 0.15) is 0 Å². The van der Waals surface area contributed by atoms with Gasteiger partial charge in [-0.2, -0.15) is 0 Å². The Kier molecular flexibility index (Phi) is 5.11. The van der Waals surface area contributed by atoms with E-state index < -0.39 is 17.5 Å². The Balaban J connectivity index is 3.54. The van der Waals surface area contributed by atoms with E-state index in [9.17, 15) is 14.7 Å². The minimum absolute atomic E-state index is 0.0545. The molecule has 0 saturated carbocycles. The first kappa shape index (κ1) is 12.9. The van der Waals surface area contributed by atoms with E-state index in [0.717, 1.165) is 0 Å². The molecule has 14 heavy (non-hydrogen) atoms. The van der Waals surface area contributed by atoms with Crippen LogP contribution >= 0.6 is 0 Å². The van der Waals surface area contributed by atoms with E-state index in [1.54, 1.807) is 0 Å². The van der Waals surface area contributed by atoms with Crippen LogP contribution in [0.15, 0.2) is 0 Å². The number of aliphatic carboxylic acids is 1. The van der Waals surface area contributed by atoms with Crippen molar-refractivity contribution in [1.82, 2.24) is 5.32 Å². The fourth-order valence-electron chi connectivity index (χ4n) is 0.795. The highest BCUT2D eigenvalue weighted by atomic mass is 16.4. The molecule has 0 aromatic rings. The highest BCUT2D eigenvalue weighted by molar-refractivity contribution is 5.76. The normalized spacial score (nSPS) is 14.7. The predicted molar refractivity (Wildman–Crippen MR) is 49.6 cm³/mol. The molecule has 0 radical (unpaired) electrons. The molecule has 0 bridgehead atoms. The van der Waals surface area contributed by atoms with Crippen LogP contribution in [0.5, 0.6) is 0 Å². The standard InChI is InChI=1S/C8H16N2O4/c1-8(14,7(12)13)5-10-4-2-3-6(9)11/h10,14H,2-5H2,1H3,(H2,9,11)(H,12,13). The summed E-state index contributed by atoms with van der Waals surface area (Å²) in [4.78, 5) is 20.7. The van der Waals surface area contributed by atoms with Gasteiger partial charge in [-0.1, -0.05) is 0 Å². The van der Waals surface area contributed by atoms with Crippen LogP contribution < -0.4 is 11.1 Å². The third kappa shape index (κ3) is 5.50. The van der Waals surface area contributed by atoms with Crippen LogP contribution in [0.4, 0.5) is 0 Å². The van der Waals surface area contributed by atoms with E-state index >= 15 is 0 Å². The lowest BCUT2D eigenvalue weighted by Crippen LogP contribution is -2.45. The Labute approximate surface area is 82.1 Å². The van der Waals surface area contributed by atoms with Crippen LogP contribution in [0.3, 0.4) is 0 Å². The summed E-state index contributed by atoms with van der Waals surface area (Å²) in [5, 5.41) is 20.5. The summed E-state index contributed by atoms with van der Waals surface area (Å²) in [6.07, 6.45) is 0.785. The Hall–Kier alpha value is -1.14. The largest absolute Gasteiger partial charge is 0.479 e. The van der Waals surface area contributed by atoms with Crippen LogP contribution in [0.25, 0.3) is 0 Å². The smallest absolute Gasteiger partial charge is 0.336 e. The molecule has 5 N–H and O–H groups in total. The van der Waals surface area contributed by atoms with Gasteiger partial charge in [0.15, 0.2) is 5.60 Å². The minimum atomic E-state index is -1.77. The Bertz CT molecular complexity index is 215. The number of nitrogens with two attached hydrogens (primary N) is 1. The van der Waals surface area contributed by atoms with Crippen molar-refractivity contribution in [2.24, 2.45) is 5.73 Å². The molecular weight excluding hydrogens is 188 g/mol. The average Bonchev–Trinajstić information content (AvgIpc) is 2.02. The lowest BCUT2D eigenvalue weighted by atomic mass is 10.1. The summed E-state index contributed by atoms with van der Waals surface area (Å²) in [6, 6.07) is 0. The molecule has 0 aromatic heterocycles. The highest BCUT2D eigenvalue weighted by Crippen LogP contribution is 2.00. The summed E-state index contributed by atoms with van der Waals surface area (Å²) >= 11 is 0. The molecule has 0 aromatic carbocycles. The number of amides is 1. The number of hydrogen-bond acceptors (Lipinski definition) is 4. The molecule has 0 aliphatic carbocycles. The van der Waals surface area contributed by atoms with Gasteiger partial charge in [0.05, 0.1) is 0 Å². The van der Waals surface area contributed by atoms with E-state index in [2.05, 4.69) is 5.32 Å². The molecule has 0 aliphatic rings. The third-order valence-electron chi connectivity index (χ3n) is 1.71. The molecule has 1 atom stereocenters. The maximum Gasteiger partial charge on any atom is 0.336 e. The lowest BCUT2D eigenvalue weighted by Gasteiger charge is -2.18. The van der Waals surface area contributed by atoms with Gasteiger partial charge >= 0.3 is 5.97 Å². The van der Waals surface area contributed by atoms with Crippen molar-refractivity contribution in [3.8, 4) is 0 Å². The SMILES string of the molecule is CC(O)(CNCCCC(N)=O)C(=O)O. The molecule has 0 rings (SSSR count). The van der Waals surface area contributed by atoms with Gasteiger partial charge in [0, 0.05) is 13.0 Å². The molecule has 0 spiro atoms. The van der Waals surface area contributed by atoms with Gasteiger partial charge in [-0.15, -0.1) is 0 Å². The maximum absolute atomic E-state index is 10.4. The first-order valence-corrected chi connectivity index (χ1v) is 4.31. The summed E-state index contributed by atoms with van der Waals surface area (Å²) < 4.78 is 0. The van der Waals surface area contributed by atoms with Crippen LogP contribution in [0.1, 0.15) is 19.8 Å². The Morgan fingerprint density at radius 2 is 2.07 bits per heavy atom. The van der Waals surface area contributed by atoms with E-state index in [1.807, 2.05) is 0 Å². The number of hydrogen-bond donors (Lipinski definition) is 4. The number of carbonyl (C=O) groups is 2. The van der Waals surface area contributed by atoms with Crippen molar-refractivity contribution in [2.75, 3.05) is 13.1 Å². The second kappa shape index (κ2) is 5.56. The van der Waals surface area contributed by atoms with Crippen molar-refractivity contribution >= 4 is 11.9 Å². The number of primary amides is 1. The fourth-order valence-corrected chi connectivity index (χ4v) is 0.795. The van der Waals surface area contributed by atoms with E-state index in [-0.39, 0.29) is 13.0 Å². The molecule has 1 unspecified atom stereocenters. The molecule has 1 amide bonds. The zero-order chi connectivity index (χ0) is 11.2. The van der Waals surface area contributed by atoms with Crippen molar-refractivity contribution in [2.45, 2.75) is 25.4 Å². The Morgan fingerprint density at radius 1 is 1.50 bits per heavy atom. The van der Waals surface area contributed by atoms with E-state index in [0.29, 0.717) is 13.0 Å². The van der Waals surface area contributed by atoms with E-state index in [4.69, 9.17) is 10.8 Å². The van der Waals surface area contributed by atoms with E-state index in [1.165, 1.54) is 6.92 Å². The summed E-state index contributed by atoms with van der Waals surface area (Å²) in [5.41, 5.74) is 3.13. The number of aliphatic hydroxyl groups is 1. The molecule has 0 saturated heterocycles. The van der Waals surface area contributed by atoms with Crippen molar-refractivity contribution in [3.05, 3.63) is 0 Å². The molecule has 82 valence electrons. The summed E-state index contributed by atoms with van der Waals surface area (Å²) in [5.74, 6) is -1.67. The summed E-state index contributed by atoms with van der Waals surface area (Å²) in [7, 11) is 0. The molecule has 0 fully saturated rings. The zero-order valence-corrected chi connectivity index (χ0v) is 8.12. The number of carbonyl (C=O) groups excluding carboxylic acids is 1. The molecule has 0 heterocycles. The van der Waals surface area contributed by atoms with Crippen LogP contribution in [-0.2, 0) is 9.59 Å². The van der Waals surface area contributed by atoms with Crippen molar-refractivity contribution < 1.29 is 19.8 Å². The second-order valence-corrected chi connectivity index (χ2v) is 3.33. The zero-order valence-electron chi connectivity index (χ0n) is 8.12. The van der Waals surface area contributed by atoms with Crippen LogP contribution in [0, 0.1) is 0 Å². The highest BCUT2D eigenvalue weighted by Gasteiger charge is 2.28. The summed E-state index contributed by atoms with van der Waals surface area (Å²) in [6.45, 7) is 1.60. The van der Waals surface area contributed by atoms with Crippen LogP contribution in [-0.4, -0.2) is 40.8 Å². The lowest BCUT2D eigenvalue weighted by molar-refractivity contribution is -0.156. The average molecular weight is 204 g/mol. The number of carboxylic acid groups (broad SMARTS) is 1. The van der Waals surface area contributed by atoms with Gasteiger partial charge < -0.3 is 21.3 Å². The maximum atomic E-state index is 10.4. The quantitative estimate of drug-likeness (QED) is 0.384. The predicted octanol–water partition coefficient (Wildman–Crippen LogP) is -1.32. The first-order chi connectivity index (χ1) is 6.36. The van der Waals surface area contributed by atoms with Gasteiger partial charge in [-0.3, -0.25) is 4.79 Å². The molecular formula is C8H16N2O4. The van der Waals surface area contributed by atoms with Gasteiger partial charge in [0.25, 0.3) is 0 Å². The minimum Gasteiger partial charge on any atom is -0.479 e. The monoisotopic (exact) mass is 204 g/mol. The van der Waals surface area contributed by atoms with Crippen LogP contribution in [0.2, 0.25) is 0 Å². The number of carboxylic acids is 1. The fraction of sp³-hybridized carbons (Fsp3) is 0.750.